The van der Waals surface area contributed by atoms with Crippen LogP contribution in [0.4, 0.5) is 27.8 Å². The van der Waals surface area contributed by atoms with Crippen molar-refractivity contribution in [2.45, 2.75) is 68.6 Å². The number of carbonyl (C=O) groups is 1. The Balaban J connectivity index is 0.000000143. The van der Waals surface area contributed by atoms with Crippen LogP contribution in [0.1, 0.15) is 49.7 Å². The number of morpholine rings is 2. The van der Waals surface area contributed by atoms with Crippen LogP contribution in [0.25, 0.3) is 22.8 Å². The van der Waals surface area contributed by atoms with Crippen molar-refractivity contribution < 1.29 is 28.5 Å². The minimum absolute atomic E-state index is 0.00643. The van der Waals surface area contributed by atoms with E-state index in [-0.39, 0.29) is 23.3 Å². The van der Waals surface area contributed by atoms with Gasteiger partial charge in [0.1, 0.15) is 22.8 Å². The fraction of sp³-hybridized carbons (Fsp3) is 0.500. The zero-order valence-corrected chi connectivity index (χ0v) is 32.1. The number of urea groups is 1. The Labute approximate surface area is 331 Å². The van der Waals surface area contributed by atoms with Gasteiger partial charge < -0.3 is 49.9 Å². The normalized spacial score (nSPS) is 21.1. The third-order valence-corrected chi connectivity index (χ3v) is 12.0. The molecule has 0 radical (unpaired) electrons. The lowest BCUT2D eigenvalue weighted by Crippen LogP contribution is -2.49. The van der Waals surface area contributed by atoms with Crippen molar-refractivity contribution in [2.24, 2.45) is 0 Å². The first-order chi connectivity index (χ1) is 27.9. The van der Waals surface area contributed by atoms with Crippen molar-refractivity contribution in [1.29, 1.82) is 0 Å². The van der Waals surface area contributed by atoms with E-state index in [0.717, 1.165) is 142 Å². The fourth-order valence-corrected chi connectivity index (χ4v) is 8.05. The molecule has 7 heterocycles. The van der Waals surface area contributed by atoms with E-state index in [1.807, 2.05) is 48.5 Å². The lowest BCUT2D eigenvalue weighted by atomic mass is 10.0. The van der Waals surface area contributed by atoms with Gasteiger partial charge in [0.05, 0.1) is 56.8 Å². The van der Waals surface area contributed by atoms with Crippen LogP contribution in [0.15, 0.2) is 48.5 Å². The highest BCUT2D eigenvalue weighted by Gasteiger charge is 2.50. The van der Waals surface area contributed by atoms with E-state index < -0.39 is 0 Å². The van der Waals surface area contributed by atoms with Crippen LogP contribution in [0.2, 0.25) is 0 Å². The van der Waals surface area contributed by atoms with Crippen molar-refractivity contribution in [2.75, 3.05) is 86.7 Å². The molecular weight excluding hydrogens is 727 g/mol. The topological polar surface area (TPSA) is 171 Å². The van der Waals surface area contributed by atoms with Crippen LogP contribution >= 0.6 is 0 Å². The van der Waals surface area contributed by atoms with E-state index >= 15 is 0 Å². The number of benzene rings is 2. The van der Waals surface area contributed by atoms with Gasteiger partial charge in [-0.25, -0.2) is 14.8 Å². The molecule has 5 aliphatic heterocycles. The molecular formula is C42H49N9O6. The van der Waals surface area contributed by atoms with Gasteiger partial charge in [-0.3, -0.25) is 0 Å². The molecule has 15 heteroatoms. The number of anilines is 4. The van der Waals surface area contributed by atoms with Crippen LogP contribution in [-0.2, 0) is 27.1 Å². The van der Waals surface area contributed by atoms with E-state index in [4.69, 9.17) is 49.4 Å². The summed E-state index contributed by atoms with van der Waals surface area (Å²) >= 11 is 0. The summed E-state index contributed by atoms with van der Waals surface area (Å²) in [4.78, 5) is 36.1. The second kappa shape index (κ2) is 14.9. The SMILES string of the molecule is Nc1ccc(-c2nc3c(c(N4CCOCC4)n2)CCC2(CC2)O3)cc1.O=C(Nc1ccc(-c2nc3c(c(N4CCOCC4)n2)CCC2(CC2)O3)cc1)NC1COC1. The summed E-state index contributed by atoms with van der Waals surface area (Å²) in [5.74, 6) is 4.82. The first-order valence-corrected chi connectivity index (χ1v) is 20.4. The molecule has 5 fully saturated rings. The largest absolute Gasteiger partial charge is 0.471 e. The number of ether oxygens (including phenoxy) is 5. The third-order valence-electron chi connectivity index (χ3n) is 12.0. The molecule has 0 atom stereocenters. The summed E-state index contributed by atoms with van der Waals surface area (Å²) in [6.07, 6.45) is 8.54. The van der Waals surface area contributed by atoms with Gasteiger partial charge in [-0.05, 0) is 99.9 Å². The summed E-state index contributed by atoms with van der Waals surface area (Å²) in [5.41, 5.74) is 11.4. The van der Waals surface area contributed by atoms with Crippen LogP contribution in [-0.4, -0.2) is 109 Å². The number of nitrogen functional groups attached to an aromatic ring is 1. The molecule has 2 aromatic carbocycles. The Morgan fingerprint density at radius 1 is 0.632 bits per heavy atom. The third kappa shape index (κ3) is 7.75. The number of carbonyl (C=O) groups excluding carboxylic acids is 1. The van der Waals surface area contributed by atoms with E-state index in [1.165, 1.54) is 0 Å². The predicted octanol–water partition coefficient (Wildman–Crippen LogP) is 4.78. The molecule has 2 amide bonds. The predicted molar refractivity (Wildman–Crippen MR) is 214 cm³/mol. The molecule has 2 aromatic heterocycles. The van der Waals surface area contributed by atoms with Crippen LogP contribution in [0.3, 0.4) is 0 Å². The number of nitrogens with one attached hydrogen (secondary N) is 2. The first-order valence-electron chi connectivity index (χ1n) is 20.4. The van der Waals surface area contributed by atoms with Gasteiger partial charge in [-0.15, -0.1) is 0 Å². The van der Waals surface area contributed by atoms with E-state index in [0.29, 0.717) is 43.8 Å². The molecule has 0 unspecified atom stereocenters. The van der Waals surface area contributed by atoms with Gasteiger partial charge in [-0.1, -0.05) is 0 Å². The number of rotatable bonds is 6. The average Bonchev–Trinajstić information content (AvgIpc) is 4.17. The maximum absolute atomic E-state index is 12.1. The number of nitrogens with zero attached hydrogens (tertiary/aromatic N) is 6. The zero-order chi connectivity index (χ0) is 38.4. The standard InChI is InChI=1S/C23H27N5O4.C19H22N4O2/c29-22(25-17-13-31-14-17)24-16-3-1-15(2-4-16)19-26-20(28-9-11-30-12-10-28)18-5-6-23(7-8-23)32-21(18)27-19;20-14-3-1-13(2-4-14)16-21-17(23-9-11-24-12-10-23)15-5-6-19(7-8-19)25-18(15)22-16/h1-4,17H,5-14H2,(H2,24,25,29);1-4H,5-12,20H2. The minimum atomic E-state index is -0.228. The Morgan fingerprint density at radius 3 is 1.54 bits per heavy atom. The molecule has 3 saturated heterocycles. The van der Waals surface area contributed by atoms with Gasteiger partial charge in [0.2, 0.25) is 11.8 Å². The molecule has 2 saturated carbocycles. The highest BCUT2D eigenvalue weighted by Crippen LogP contribution is 2.51. The summed E-state index contributed by atoms with van der Waals surface area (Å²) in [6.45, 7) is 7.36. The maximum atomic E-state index is 12.1. The Hall–Kier alpha value is -5.25. The number of amides is 2. The summed E-state index contributed by atoms with van der Waals surface area (Å²) in [7, 11) is 0. The van der Waals surface area contributed by atoms with Gasteiger partial charge in [0.25, 0.3) is 0 Å². The average molecular weight is 776 g/mol. The van der Waals surface area contributed by atoms with Crippen molar-refractivity contribution in [1.82, 2.24) is 25.3 Å². The highest BCUT2D eigenvalue weighted by molar-refractivity contribution is 5.89. The number of nitrogens with two attached hydrogens (primary N) is 1. The molecule has 298 valence electrons. The summed E-state index contributed by atoms with van der Waals surface area (Å²) in [6, 6.07) is 15.2. The Morgan fingerprint density at radius 2 is 1.11 bits per heavy atom. The molecule has 0 bridgehead atoms. The van der Waals surface area contributed by atoms with Crippen LogP contribution in [0.5, 0.6) is 11.8 Å². The minimum Gasteiger partial charge on any atom is -0.471 e. The molecule has 57 heavy (non-hydrogen) atoms. The summed E-state index contributed by atoms with van der Waals surface area (Å²) < 4.78 is 28.8. The lowest BCUT2D eigenvalue weighted by Gasteiger charge is -2.33. The smallest absolute Gasteiger partial charge is 0.319 e. The van der Waals surface area contributed by atoms with Crippen molar-refractivity contribution in [3.05, 3.63) is 59.7 Å². The quantitative estimate of drug-likeness (QED) is 0.229. The van der Waals surface area contributed by atoms with Crippen molar-refractivity contribution >= 4 is 29.0 Å². The lowest BCUT2D eigenvalue weighted by molar-refractivity contribution is 0.000735. The Bertz CT molecular complexity index is 2110. The summed E-state index contributed by atoms with van der Waals surface area (Å²) in [5, 5.41) is 5.73. The molecule has 2 spiro atoms. The molecule has 4 aromatic rings. The zero-order valence-electron chi connectivity index (χ0n) is 32.1. The second-order valence-corrected chi connectivity index (χ2v) is 16.1. The van der Waals surface area contributed by atoms with Gasteiger partial charge in [0.15, 0.2) is 11.6 Å². The number of fused-ring (bicyclic) bond motifs is 2. The van der Waals surface area contributed by atoms with E-state index in [1.54, 1.807) is 0 Å². The number of aromatic nitrogens is 4. The van der Waals surface area contributed by atoms with E-state index in [2.05, 4.69) is 20.4 Å². The van der Waals surface area contributed by atoms with Crippen molar-refractivity contribution in [3.8, 4) is 34.5 Å². The fourth-order valence-electron chi connectivity index (χ4n) is 8.05. The van der Waals surface area contributed by atoms with Gasteiger partial charge in [0, 0.05) is 48.7 Å². The monoisotopic (exact) mass is 775 g/mol. The molecule has 15 nitrogen and oxygen atoms in total. The molecule has 4 N–H and O–H groups in total. The van der Waals surface area contributed by atoms with Crippen LogP contribution in [0, 0.1) is 0 Å². The van der Waals surface area contributed by atoms with Gasteiger partial charge in [-0.2, -0.15) is 9.97 Å². The maximum Gasteiger partial charge on any atom is 0.319 e. The molecule has 2 aliphatic carbocycles. The Kier molecular flexibility index (Phi) is 9.45. The number of hydrogen-bond acceptors (Lipinski definition) is 13. The molecule has 7 aliphatic rings. The molecule has 11 rings (SSSR count). The first kappa shape index (κ1) is 36.1. The van der Waals surface area contributed by atoms with Gasteiger partial charge >= 0.3 is 6.03 Å². The second-order valence-electron chi connectivity index (χ2n) is 16.1. The number of hydrogen-bond donors (Lipinski definition) is 3. The van der Waals surface area contributed by atoms with E-state index in [9.17, 15) is 4.79 Å². The highest BCUT2D eigenvalue weighted by atomic mass is 16.5. The van der Waals surface area contributed by atoms with Crippen LogP contribution < -0.4 is 35.6 Å². The van der Waals surface area contributed by atoms with Crippen molar-refractivity contribution in [3.63, 3.8) is 0 Å².